The van der Waals surface area contributed by atoms with Crippen LogP contribution in [-0.4, -0.2) is 43.6 Å². The third kappa shape index (κ3) is 4.93. The van der Waals surface area contributed by atoms with Crippen LogP contribution < -0.4 is 15.7 Å². The lowest BCUT2D eigenvalue weighted by Gasteiger charge is -2.20. The summed E-state index contributed by atoms with van der Waals surface area (Å²) in [5, 5.41) is 11.0. The van der Waals surface area contributed by atoms with Crippen molar-refractivity contribution in [3.05, 3.63) is 67.9 Å². The van der Waals surface area contributed by atoms with Crippen LogP contribution in [0.3, 0.4) is 0 Å². The summed E-state index contributed by atoms with van der Waals surface area (Å²) in [4.78, 5) is 39.1. The van der Waals surface area contributed by atoms with Crippen LogP contribution in [0.2, 0.25) is 0 Å². The molecule has 0 amide bonds. The van der Waals surface area contributed by atoms with Gasteiger partial charge in [-0.2, -0.15) is 0 Å². The van der Waals surface area contributed by atoms with Crippen molar-refractivity contribution >= 4 is 16.9 Å². The summed E-state index contributed by atoms with van der Waals surface area (Å²) in [6.07, 6.45) is 1.46. The van der Waals surface area contributed by atoms with Crippen molar-refractivity contribution in [3.8, 4) is 11.5 Å². The van der Waals surface area contributed by atoms with Crippen LogP contribution in [0.1, 0.15) is 35.6 Å². The number of carbonyl (C=O) groups excluding carboxylic acids is 1. The Morgan fingerprint density at radius 1 is 1.18 bits per heavy atom. The Labute approximate surface area is 190 Å². The highest BCUT2D eigenvalue weighted by Crippen LogP contribution is 2.32. The molecule has 9 heteroatoms. The van der Waals surface area contributed by atoms with Crippen molar-refractivity contribution in [2.45, 2.75) is 32.2 Å². The molecular formula is C24H27NO8. The highest BCUT2D eigenvalue weighted by atomic mass is 16.5. The van der Waals surface area contributed by atoms with Gasteiger partial charge in [-0.25, -0.2) is 0 Å². The zero-order valence-corrected chi connectivity index (χ0v) is 19.0. The van der Waals surface area contributed by atoms with E-state index >= 15 is 0 Å². The molecule has 3 rings (SSSR count). The first kappa shape index (κ1) is 24.1. The van der Waals surface area contributed by atoms with Gasteiger partial charge in [0.1, 0.15) is 17.1 Å². The third-order valence-corrected chi connectivity index (χ3v) is 5.58. The summed E-state index contributed by atoms with van der Waals surface area (Å²) < 4.78 is 22.2. The summed E-state index contributed by atoms with van der Waals surface area (Å²) in [6, 6.07) is 6.22. The third-order valence-electron chi connectivity index (χ3n) is 5.58. The van der Waals surface area contributed by atoms with E-state index in [4.69, 9.17) is 18.6 Å². The molecule has 0 saturated heterocycles. The van der Waals surface area contributed by atoms with Gasteiger partial charge in [-0.15, -0.1) is 0 Å². The molecule has 33 heavy (non-hydrogen) atoms. The van der Waals surface area contributed by atoms with Crippen molar-refractivity contribution < 1.29 is 28.5 Å². The second-order valence-electron chi connectivity index (χ2n) is 7.60. The fraction of sp³-hybridized carbons (Fsp3) is 0.375. The van der Waals surface area contributed by atoms with Gasteiger partial charge in [0.15, 0.2) is 5.43 Å². The molecule has 0 radical (unpaired) electrons. The fourth-order valence-electron chi connectivity index (χ4n) is 3.85. The Balaban J connectivity index is 2.24. The molecule has 0 spiro atoms. The molecule has 0 aliphatic heterocycles. The summed E-state index contributed by atoms with van der Waals surface area (Å²) in [7, 11) is 4.26. The lowest BCUT2D eigenvalue weighted by Crippen LogP contribution is -2.30. The minimum Gasteiger partial charge on any atom is -0.507 e. The predicted octanol–water partition coefficient (Wildman–Crippen LogP) is 2.71. The summed E-state index contributed by atoms with van der Waals surface area (Å²) in [6.45, 7) is 2.49. The lowest BCUT2D eigenvalue weighted by molar-refractivity contribution is -0.140. The number of nitrogens with zero attached hydrogens (tertiary/aromatic N) is 1. The highest BCUT2D eigenvalue weighted by molar-refractivity contribution is 5.79. The number of hydrogen-bond acceptors (Lipinski definition) is 8. The Morgan fingerprint density at radius 2 is 1.94 bits per heavy atom. The van der Waals surface area contributed by atoms with Gasteiger partial charge in [0.05, 0.1) is 37.9 Å². The number of pyridine rings is 1. The first-order chi connectivity index (χ1) is 15.8. The molecule has 3 aromatic rings. The van der Waals surface area contributed by atoms with Crippen LogP contribution in [0, 0.1) is 6.92 Å². The fourth-order valence-corrected chi connectivity index (χ4v) is 3.85. The van der Waals surface area contributed by atoms with Gasteiger partial charge < -0.3 is 28.3 Å². The first-order valence-electron chi connectivity index (χ1n) is 10.4. The van der Waals surface area contributed by atoms with E-state index in [-0.39, 0.29) is 28.7 Å². The van der Waals surface area contributed by atoms with E-state index in [9.17, 15) is 19.5 Å². The molecule has 1 unspecified atom stereocenters. The van der Waals surface area contributed by atoms with Gasteiger partial charge in [-0.05, 0) is 37.6 Å². The molecule has 1 N–H and O–H groups in total. The average molecular weight is 457 g/mol. The lowest BCUT2D eigenvalue weighted by atomic mass is 9.88. The molecule has 0 aliphatic carbocycles. The van der Waals surface area contributed by atoms with Gasteiger partial charge in [-0.1, -0.05) is 0 Å². The highest BCUT2D eigenvalue weighted by Gasteiger charge is 2.29. The molecular weight excluding hydrogens is 430 g/mol. The quantitative estimate of drug-likeness (QED) is 0.385. The number of carbonyl (C=O) groups is 1. The number of esters is 1. The Hall–Kier alpha value is -3.59. The minimum atomic E-state index is -1.08. The Morgan fingerprint density at radius 3 is 2.61 bits per heavy atom. The summed E-state index contributed by atoms with van der Waals surface area (Å²) in [5.74, 6) is -1.57. The summed E-state index contributed by atoms with van der Waals surface area (Å²) in [5.41, 5.74) is -0.0771. The maximum absolute atomic E-state index is 13.4. The number of benzene rings is 1. The van der Waals surface area contributed by atoms with Crippen LogP contribution in [0.4, 0.5) is 0 Å². The van der Waals surface area contributed by atoms with Crippen molar-refractivity contribution in [1.29, 1.82) is 0 Å². The standard InChI is InChI=1S/C24H27NO8/c1-14-10-19(26)22(24(29)25(14)8-5-9-30-2)16(12-21(27)32-4)18-13-33-20-7-6-15(31-3)11-17(20)23(18)28/h6-7,10-11,13,16,26H,5,8-9,12H2,1-4H3. The van der Waals surface area contributed by atoms with Crippen LogP contribution in [0.5, 0.6) is 11.5 Å². The number of rotatable bonds is 9. The number of hydrogen-bond donors (Lipinski definition) is 1. The van der Waals surface area contributed by atoms with E-state index in [1.807, 2.05) is 0 Å². The second kappa shape index (κ2) is 10.4. The molecule has 0 fully saturated rings. The summed E-state index contributed by atoms with van der Waals surface area (Å²) >= 11 is 0. The van der Waals surface area contributed by atoms with Crippen molar-refractivity contribution in [2.75, 3.05) is 27.9 Å². The zero-order chi connectivity index (χ0) is 24.1. The minimum absolute atomic E-state index is 0.0563. The number of methoxy groups -OCH3 is 3. The first-order valence-corrected chi connectivity index (χ1v) is 10.4. The number of aryl methyl sites for hydroxylation is 1. The number of ether oxygens (including phenoxy) is 3. The Bertz CT molecular complexity index is 1270. The monoisotopic (exact) mass is 457 g/mol. The predicted molar refractivity (Wildman–Crippen MR) is 121 cm³/mol. The van der Waals surface area contributed by atoms with Gasteiger partial charge in [-0.3, -0.25) is 14.4 Å². The van der Waals surface area contributed by atoms with Gasteiger partial charge in [0, 0.05) is 37.4 Å². The van der Waals surface area contributed by atoms with E-state index in [1.54, 1.807) is 26.2 Å². The normalized spacial score (nSPS) is 12.0. The molecule has 1 atom stereocenters. The Kier molecular flexibility index (Phi) is 7.55. The number of fused-ring (bicyclic) bond motifs is 1. The molecule has 0 aliphatic rings. The molecule has 2 heterocycles. The second-order valence-corrected chi connectivity index (χ2v) is 7.60. The van der Waals surface area contributed by atoms with Crippen molar-refractivity contribution in [3.63, 3.8) is 0 Å². The smallest absolute Gasteiger partial charge is 0.306 e. The molecule has 2 aromatic heterocycles. The SMILES string of the molecule is COCCCn1c(C)cc(O)c(C(CC(=O)OC)c2coc3ccc(OC)cc3c2=O)c1=O. The van der Waals surface area contributed by atoms with Gasteiger partial charge >= 0.3 is 5.97 Å². The van der Waals surface area contributed by atoms with Crippen LogP contribution in [0.25, 0.3) is 11.0 Å². The average Bonchev–Trinajstić information content (AvgIpc) is 2.80. The van der Waals surface area contributed by atoms with Crippen molar-refractivity contribution in [1.82, 2.24) is 4.57 Å². The van der Waals surface area contributed by atoms with Crippen LogP contribution in [-0.2, 0) is 20.8 Å². The van der Waals surface area contributed by atoms with E-state index < -0.39 is 22.9 Å². The molecule has 0 saturated carbocycles. The maximum atomic E-state index is 13.4. The van der Waals surface area contributed by atoms with Crippen LogP contribution in [0.15, 0.2) is 44.5 Å². The van der Waals surface area contributed by atoms with Crippen molar-refractivity contribution in [2.24, 2.45) is 0 Å². The largest absolute Gasteiger partial charge is 0.507 e. The maximum Gasteiger partial charge on any atom is 0.306 e. The van der Waals surface area contributed by atoms with E-state index in [2.05, 4.69) is 0 Å². The van der Waals surface area contributed by atoms with E-state index in [0.717, 1.165) is 0 Å². The van der Waals surface area contributed by atoms with Gasteiger partial charge in [0.25, 0.3) is 5.56 Å². The molecule has 176 valence electrons. The van der Waals surface area contributed by atoms with E-state index in [1.165, 1.54) is 37.2 Å². The zero-order valence-electron chi connectivity index (χ0n) is 19.0. The molecule has 0 bridgehead atoms. The number of aromatic nitrogens is 1. The topological polar surface area (TPSA) is 117 Å². The van der Waals surface area contributed by atoms with Crippen LogP contribution >= 0.6 is 0 Å². The number of aromatic hydroxyl groups is 1. The van der Waals surface area contributed by atoms with Gasteiger partial charge in [0.2, 0.25) is 0 Å². The molecule has 9 nitrogen and oxygen atoms in total. The van der Waals surface area contributed by atoms with E-state index in [0.29, 0.717) is 36.6 Å². The molecule has 1 aromatic carbocycles.